The highest BCUT2D eigenvalue weighted by atomic mass is 16.6. The number of carbonyl (C=O) groups is 2. The minimum absolute atomic E-state index is 0.299. The Hall–Kier alpha value is -2.50. The number of benzene rings is 1. The molecular weight excluding hydrogens is 322 g/mol. The van der Waals surface area contributed by atoms with Gasteiger partial charge in [-0.15, -0.1) is 0 Å². The minimum atomic E-state index is -0.582. The van der Waals surface area contributed by atoms with E-state index in [1.54, 1.807) is 37.1 Å². The summed E-state index contributed by atoms with van der Waals surface area (Å²) < 4.78 is 16.0. The van der Waals surface area contributed by atoms with Crippen LogP contribution < -0.4 is 4.74 Å². The van der Waals surface area contributed by atoms with Crippen LogP contribution in [0.1, 0.15) is 49.7 Å². The van der Waals surface area contributed by atoms with Crippen molar-refractivity contribution in [2.24, 2.45) is 0 Å². The highest BCUT2D eigenvalue weighted by Gasteiger charge is 2.32. The van der Waals surface area contributed by atoms with Crippen LogP contribution in [-0.4, -0.2) is 42.8 Å². The molecule has 1 aliphatic rings. The van der Waals surface area contributed by atoms with Gasteiger partial charge in [0.2, 0.25) is 0 Å². The van der Waals surface area contributed by atoms with Crippen molar-refractivity contribution >= 4 is 12.1 Å². The summed E-state index contributed by atoms with van der Waals surface area (Å²) >= 11 is 0. The number of nitrogens with zero attached hydrogens (tertiary/aromatic N) is 1. The maximum Gasteiger partial charge on any atom is 0.411 e. The first-order chi connectivity index (χ1) is 11.8. The molecule has 0 N–H and O–H groups in total. The fraction of sp³-hybridized carbons (Fsp3) is 0.474. The Balaban J connectivity index is 2.34. The molecule has 1 heterocycles. The minimum Gasteiger partial charge on any atom is -0.496 e. The van der Waals surface area contributed by atoms with Gasteiger partial charge in [-0.1, -0.05) is 12.2 Å². The molecule has 0 aromatic heterocycles. The lowest BCUT2D eigenvalue weighted by Crippen LogP contribution is -2.37. The first kappa shape index (κ1) is 18.8. The second-order valence-electron chi connectivity index (χ2n) is 6.68. The van der Waals surface area contributed by atoms with Gasteiger partial charge in [-0.05, 0) is 45.9 Å². The fourth-order valence-electron chi connectivity index (χ4n) is 2.61. The van der Waals surface area contributed by atoms with Crippen LogP contribution in [0.5, 0.6) is 5.75 Å². The van der Waals surface area contributed by atoms with E-state index in [0.717, 1.165) is 0 Å². The largest absolute Gasteiger partial charge is 0.496 e. The van der Waals surface area contributed by atoms with Crippen molar-refractivity contribution in [2.45, 2.75) is 39.3 Å². The van der Waals surface area contributed by atoms with Crippen LogP contribution >= 0.6 is 0 Å². The zero-order chi connectivity index (χ0) is 18.6. The van der Waals surface area contributed by atoms with Crippen molar-refractivity contribution < 1.29 is 23.8 Å². The lowest BCUT2D eigenvalue weighted by atomic mass is 10.0. The average molecular weight is 347 g/mol. The summed E-state index contributed by atoms with van der Waals surface area (Å²) in [6, 6.07) is 4.70. The maximum absolute atomic E-state index is 12.5. The summed E-state index contributed by atoms with van der Waals surface area (Å²) in [7, 11) is 1.55. The summed E-state index contributed by atoms with van der Waals surface area (Å²) in [5.74, 6) is 0.190. The highest BCUT2D eigenvalue weighted by Crippen LogP contribution is 2.35. The molecule has 0 saturated carbocycles. The Morgan fingerprint density at radius 1 is 1.28 bits per heavy atom. The van der Waals surface area contributed by atoms with Crippen molar-refractivity contribution in [3.8, 4) is 5.75 Å². The molecule has 2 rings (SSSR count). The summed E-state index contributed by atoms with van der Waals surface area (Å²) in [6.45, 7) is 7.97. The third-order valence-electron chi connectivity index (χ3n) is 3.64. The Kier molecular flexibility index (Phi) is 5.72. The van der Waals surface area contributed by atoms with Crippen LogP contribution in [0.25, 0.3) is 0 Å². The van der Waals surface area contributed by atoms with Gasteiger partial charge in [0, 0.05) is 12.1 Å². The summed E-state index contributed by atoms with van der Waals surface area (Å²) in [4.78, 5) is 26.1. The van der Waals surface area contributed by atoms with Gasteiger partial charge in [-0.3, -0.25) is 4.90 Å². The second kappa shape index (κ2) is 7.59. The molecule has 0 spiro atoms. The van der Waals surface area contributed by atoms with E-state index in [2.05, 4.69) is 0 Å². The number of rotatable bonds is 4. The fourth-order valence-corrected chi connectivity index (χ4v) is 2.61. The van der Waals surface area contributed by atoms with Crippen molar-refractivity contribution in [3.05, 3.63) is 41.5 Å². The first-order valence-electron chi connectivity index (χ1n) is 8.28. The van der Waals surface area contributed by atoms with E-state index >= 15 is 0 Å². The van der Waals surface area contributed by atoms with Crippen LogP contribution in [0.2, 0.25) is 0 Å². The molecule has 1 aliphatic heterocycles. The molecule has 6 nitrogen and oxygen atoms in total. The molecule has 0 fully saturated rings. The number of carbonyl (C=O) groups excluding carboxylic acids is 2. The van der Waals surface area contributed by atoms with Gasteiger partial charge in [0.15, 0.2) is 0 Å². The van der Waals surface area contributed by atoms with Gasteiger partial charge < -0.3 is 14.2 Å². The van der Waals surface area contributed by atoms with Crippen LogP contribution in [0.3, 0.4) is 0 Å². The zero-order valence-corrected chi connectivity index (χ0v) is 15.4. The number of ether oxygens (including phenoxy) is 3. The van der Waals surface area contributed by atoms with Gasteiger partial charge in [0.1, 0.15) is 11.4 Å². The molecule has 0 aliphatic carbocycles. The number of methoxy groups -OCH3 is 1. The number of hydrogen-bond donors (Lipinski definition) is 0. The normalized spacial score (nSPS) is 16.7. The average Bonchev–Trinajstić information content (AvgIpc) is 3.02. The molecule has 136 valence electrons. The monoisotopic (exact) mass is 347 g/mol. The van der Waals surface area contributed by atoms with Gasteiger partial charge >= 0.3 is 12.1 Å². The van der Waals surface area contributed by atoms with E-state index in [1.807, 2.05) is 32.9 Å². The van der Waals surface area contributed by atoms with Gasteiger partial charge in [0.25, 0.3) is 0 Å². The third kappa shape index (κ3) is 4.53. The topological polar surface area (TPSA) is 65.1 Å². The molecule has 0 saturated heterocycles. The lowest BCUT2D eigenvalue weighted by molar-refractivity contribution is 0.0239. The second-order valence-corrected chi connectivity index (χ2v) is 6.68. The molecule has 1 aromatic carbocycles. The summed E-state index contributed by atoms with van der Waals surface area (Å²) in [5.41, 5.74) is 0.552. The van der Waals surface area contributed by atoms with E-state index in [4.69, 9.17) is 14.2 Å². The predicted molar refractivity (Wildman–Crippen MR) is 93.8 cm³/mol. The predicted octanol–water partition coefficient (Wildman–Crippen LogP) is 3.72. The van der Waals surface area contributed by atoms with Crippen molar-refractivity contribution in [1.82, 2.24) is 4.90 Å². The molecule has 6 heteroatoms. The Morgan fingerprint density at radius 3 is 2.60 bits per heavy atom. The Bertz CT molecular complexity index is 675. The van der Waals surface area contributed by atoms with Gasteiger partial charge in [0.05, 0.1) is 25.3 Å². The number of amides is 1. The van der Waals surface area contributed by atoms with E-state index in [1.165, 1.54) is 0 Å². The number of hydrogen-bond acceptors (Lipinski definition) is 5. The van der Waals surface area contributed by atoms with Crippen molar-refractivity contribution in [3.63, 3.8) is 0 Å². The molecule has 1 atom stereocenters. The van der Waals surface area contributed by atoms with Crippen LogP contribution in [0.15, 0.2) is 30.4 Å². The first-order valence-corrected chi connectivity index (χ1v) is 8.28. The highest BCUT2D eigenvalue weighted by molar-refractivity contribution is 5.90. The van der Waals surface area contributed by atoms with Crippen LogP contribution in [0.4, 0.5) is 4.79 Å². The Morgan fingerprint density at radius 2 is 2.00 bits per heavy atom. The molecular formula is C19H25NO5. The summed E-state index contributed by atoms with van der Waals surface area (Å²) in [6.07, 6.45) is 3.38. The molecule has 0 bridgehead atoms. The number of esters is 1. The summed E-state index contributed by atoms with van der Waals surface area (Å²) in [5, 5.41) is 0. The lowest BCUT2D eigenvalue weighted by Gasteiger charge is -2.29. The molecule has 1 aromatic rings. The smallest absolute Gasteiger partial charge is 0.411 e. The molecule has 25 heavy (non-hydrogen) atoms. The van der Waals surface area contributed by atoms with Crippen LogP contribution in [-0.2, 0) is 9.47 Å². The van der Waals surface area contributed by atoms with Crippen molar-refractivity contribution in [2.75, 3.05) is 20.3 Å². The van der Waals surface area contributed by atoms with Gasteiger partial charge in [-0.25, -0.2) is 9.59 Å². The molecule has 1 amide bonds. The van der Waals surface area contributed by atoms with E-state index in [0.29, 0.717) is 30.0 Å². The van der Waals surface area contributed by atoms with E-state index in [-0.39, 0.29) is 6.04 Å². The Labute approximate surface area is 148 Å². The van der Waals surface area contributed by atoms with Crippen molar-refractivity contribution in [1.29, 1.82) is 0 Å². The zero-order valence-electron chi connectivity index (χ0n) is 15.4. The quantitative estimate of drug-likeness (QED) is 0.613. The third-order valence-corrected chi connectivity index (χ3v) is 3.64. The van der Waals surface area contributed by atoms with E-state index < -0.39 is 17.7 Å². The SMILES string of the molecule is CCOC(=O)c1ccc(OC)c(C2C=CCN2C(=O)OC(C)(C)C)c1. The molecule has 0 radical (unpaired) electrons. The maximum atomic E-state index is 12.5. The molecule has 1 unspecified atom stereocenters. The van der Waals surface area contributed by atoms with E-state index in [9.17, 15) is 9.59 Å². The van der Waals surface area contributed by atoms with Gasteiger partial charge in [-0.2, -0.15) is 0 Å². The standard InChI is InChI=1S/C19H25NO5/c1-6-24-17(21)13-9-10-16(23-5)14(12-13)15-8-7-11-20(15)18(22)25-19(2,3)4/h7-10,12,15H,6,11H2,1-5H3. The van der Waals surface area contributed by atoms with Crippen LogP contribution in [0, 0.1) is 0 Å².